The van der Waals surface area contributed by atoms with Crippen LogP contribution in [0.5, 0.6) is 11.5 Å². The van der Waals surface area contributed by atoms with Gasteiger partial charge in [0.25, 0.3) is 11.7 Å². The molecule has 1 amide bonds. The fraction of sp³-hybridized carbons (Fsp3) is 0.185. The summed E-state index contributed by atoms with van der Waals surface area (Å²) in [6.45, 7) is 1.20. The highest BCUT2D eigenvalue weighted by atomic mass is 79.9. The van der Waals surface area contributed by atoms with E-state index >= 15 is 0 Å². The van der Waals surface area contributed by atoms with Crippen LogP contribution in [0.15, 0.2) is 82.8 Å². The molecule has 172 valence electrons. The molecule has 2 heterocycles. The molecule has 6 nitrogen and oxygen atoms in total. The van der Waals surface area contributed by atoms with Crippen molar-refractivity contribution < 1.29 is 24.2 Å². The van der Waals surface area contributed by atoms with Crippen molar-refractivity contribution in [1.29, 1.82) is 0 Å². The number of Topliss-reactive ketones (excluding diaryl/α,β-unsaturated/α-hetero) is 1. The van der Waals surface area contributed by atoms with Crippen molar-refractivity contribution in [2.75, 3.05) is 19.8 Å². The van der Waals surface area contributed by atoms with E-state index in [1.165, 1.54) is 0 Å². The summed E-state index contributed by atoms with van der Waals surface area (Å²) in [5, 5.41) is 11.3. The lowest BCUT2D eigenvalue weighted by atomic mass is 9.95. The van der Waals surface area contributed by atoms with E-state index in [0.717, 1.165) is 15.6 Å². The smallest absolute Gasteiger partial charge is 0.295 e. The summed E-state index contributed by atoms with van der Waals surface area (Å²) in [7, 11) is 0. The number of benzene rings is 3. The van der Waals surface area contributed by atoms with Crippen molar-refractivity contribution >= 4 is 33.4 Å². The summed E-state index contributed by atoms with van der Waals surface area (Å²) in [5.74, 6) is -0.480. The first-order valence-corrected chi connectivity index (χ1v) is 11.8. The van der Waals surface area contributed by atoms with E-state index in [2.05, 4.69) is 15.9 Å². The van der Waals surface area contributed by atoms with Gasteiger partial charge in [-0.3, -0.25) is 9.59 Å². The molecule has 5 rings (SSSR count). The molecule has 1 N–H and O–H groups in total. The van der Waals surface area contributed by atoms with Crippen molar-refractivity contribution in [1.82, 2.24) is 4.90 Å². The second-order valence-corrected chi connectivity index (χ2v) is 9.05. The monoisotopic (exact) mass is 519 g/mol. The molecule has 0 unspecified atom stereocenters. The number of ketones is 1. The Bertz CT molecular complexity index is 1270. The highest BCUT2D eigenvalue weighted by molar-refractivity contribution is 9.10. The van der Waals surface area contributed by atoms with Gasteiger partial charge in [-0.25, -0.2) is 0 Å². The Morgan fingerprint density at radius 1 is 0.941 bits per heavy atom. The first-order valence-electron chi connectivity index (χ1n) is 11.0. The molecule has 0 aliphatic carbocycles. The average molecular weight is 520 g/mol. The maximum absolute atomic E-state index is 13.2. The quantitative estimate of drug-likeness (QED) is 0.295. The Morgan fingerprint density at radius 2 is 1.65 bits per heavy atom. The Kier molecular flexibility index (Phi) is 6.11. The molecule has 0 saturated carbocycles. The average Bonchev–Trinajstić information content (AvgIpc) is 3.12. The molecule has 0 bridgehead atoms. The number of carbonyl (C=O) groups is 2. The topological polar surface area (TPSA) is 76.1 Å². The van der Waals surface area contributed by atoms with Crippen molar-refractivity contribution in [3.8, 4) is 11.5 Å². The maximum atomic E-state index is 13.2. The molecule has 0 aromatic heterocycles. The SMILES string of the molecule is O=C1C(=O)N(CCc2ccccc2)[C@@H](c2ccc(Br)cc2)/C1=C(\O)c1ccc2c(c1)OCCO2. The molecule has 1 atom stereocenters. The van der Waals surface area contributed by atoms with Crippen molar-refractivity contribution in [2.24, 2.45) is 0 Å². The first-order chi connectivity index (χ1) is 16.5. The molecular formula is C27H22BrNO5. The van der Waals surface area contributed by atoms with Gasteiger partial charge in [0.2, 0.25) is 0 Å². The predicted octanol–water partition coefficient (Wildman–Crippen LogP) is 4.88. The molecule has 2 aliphatic heterocycles. The van der Waals surface area contributed by atoms with Crippen LogP contribution >= 0.6 is 15.9 Å². The number of ether oxygens (including phenoxy) is 2. The van der Waals surface area contributed by atoms with Crippen LogP contribution in [-0.2, 0) is 16.0 Å². The minimum atomic E-state index is -0.704. The third-order valence-corrected chi connectivity index (χ3v) is 6.55. The Balaban J connectivity index is 1.57. The standard InChI is InChI=1S/C27H22BrNO5/c28-20-9-6-18(7-10-20)24-23(25(30)19-8-11-21-22(16-19)34-15-14-33-21)26(31)27(32)29(24)13-12-17-4-2-1-3-5-17/h1-11,16,24,30H,12-15H2/b25-23+/t24-/m0/s1. The number of aliphatic hydroxyl groups is 1. The van der Waals surface area contributed by atoms with Crippen LogP contribution in [-0.4, -0.2) is 41.5 Å². The molecular weight excluding hydrogens is 498 g/mol. The Morgan fingerprint density at radius 3 is 2.38 bits per heavy atom. The first kappa shape index (κ1) is 22.2. The summed E-state index contributed by atoms with van der Waals surface area (Å²) in [6, 6.07) is 21.5. The highest BCUT2D eigenvalue weighted by Crippen LogP contribution is 2.41. The van der Waals surface area contributed by atoms with Gasteiger partial charge in [-0.1, -0.05) is 58.4 Å². The number of halogens is 1. The van der Waals surface area contributed by atoms with Gasteiger partial charge in [0.05, 0.1) is 11.6 Å². The van der Waals surface area contributed by atoms with E-state index in [1.807, 2.05) is 54.6 Å². The molecule has 0 spiro atoms. The second kappa shape index (κ2) is 9.35. The number of fused-ring (bicyclic) bond motifs is 1. The van der Waals surface area contributed by atoms with Gasteiger partial charge in [-0.05, 0) is 47.9 Å². The fourth-order valence-electron chi connectivity index (χ4n) is 4.34. The van der Waals surface area contributed by atoms with Crippen LogP contribution in [0, 0.1) is 0 Å². The summed E-state index contributed by atoms with van der Waals surface area (Å²) in [5.41, 5.74) is 2.27. The zero-order valence-electron chi connectivity index (χ0n) is 18.2. The van der Waals surface area contributed by atoms with Gasteiger partial charge >= 0.3 is 0 Å². The minimum absolute atomic E-state index is 0.0667. The molecule has 3 aromatic rings. The molecule has 34 heavy (non-hydrogen) atoms. The van der Waals surface area contributed by atoms with Crippen molar-refractivity contribution in [3.05, 3.63) is 99.5 Å². The number of nitrogens with zero attached hydrogens (tertiary/aromatic N) is 1. The van der Waals surface area contributed by atoms with Crippen LogP contribution in [0.3, 0.4) is 0 Å². The fourth-order valence-corrected chi connectivity index (χ4v) is 4.61. The second-order valence-electron chi connectivity index (χ2n) is 8.14. The van der Waals surface area contributed by atoms with E-state index < -0.39 is 17.7 Å². The van der Waals surface area contributed by atoms with Crippen LogP contribution in [0.4, 0.5) is 0 Å². The largest absolute Gasteiger partial charge is 0.507 e. The molecule has 0 radical (unpaired) electrons. The van der Waals surface area contributed by atoms with Crippen LogP contribution in [0.2, 0.25) is 0 Å². The van der Waals surface area contributed by atoms with Gasteiger partial charge in [0.15, 0.2) is 11.5 Å². The minimum Gasteiger partial charge on any atom is -0.507 e. The molecule has 2 aliphatic rings. The van der Waals surface area contributed by atoms with Gasteiger partial charge in [-0.15, -0.1) is 0 Å². The van der Waals surface area contributed by atoms with Crippen LogP contribution in [0.25, 0.3) is 5.76 Å². The van der Waals surface area contributed by atoms with E-state index in [9.17, 15) is 14.7 Å². The van der Waals surface area contributed by atoms with Gasteiger partial charge in [0.1, 0.15) is 19.0 Å². The van der Waals surface area contributed by atoms with Crippen molar-refractivity contribution in [2.45, 2.75) is 12.5 Å². The molecule has 7 heteroatoms. The van der Waals surface area contributed by atoms with Crippen LogP contribution in [0.1, 0.15) is 22.7 Å². The number of hydrogen-bond acceptors (Lipinski definition) is 5. The summed E-state index contributed by atoms with van der Waals surface area (Å²) in [6.07, 6.45) is 0.588. The molecule has 1 fully saturated rings. The summed E-state index contributed by atoms with van der Waals surface area (Å²) >= 11 is 3.44. The normalized spacial score (nSPS) is 18.9. The third kappa shape index (κ3) is 4.19. The zero-order valence-corrected chi connectivity index (χ0v) is 19.8. The van der Waals surface area contributed by atoms with Crippen LogP contribution < -0.4 is 9.47 Å². The molecule has 3 aromatic carbocycles. The van der Waals surface area contributed by atoms with E-state index in [4.69, 9.17) is 9.47 Å². The zero-order chi connectivity index (χ0) is 23.7. The van der Waals surface area contributed by atoms with Gasteiger partial charge < -0.3 is 19.5 Å². The number of aliphatic hydroxyl groups excluding tert-OH is 1. The van der Waals surface area contributed by atoms with Gasteiger partial charge in [-0.2, -0.15) is 0 Å². The number of likely N-dealkylation sites (tertiary alicyclic amines) is 1. The number of amides is 1. The summed E-state index contributed by atoms with van der Waals surface area (Å²) < 4.78 is 12.1. The lowest BCUT2D eigenvalue weighted by Gasteiger charge is -2.25. The molecule has 1 saturated heterocycles. The lowest BCUT2D eigenvalue weighted by Crippen LogP contribution is -2.31. The summed E-state index contributed by atoms with van der Waals surface area (Å²) in [4.78, 5) is 27.9. The maximum Gasteiger partial charge on any atom is 0.295 e. The van der Waals surface area contributed by atoms with E-state index in [1.54, 1.807) is 23.1 Å². The van der Waals surface area contributed by atoms with Crippen molar-refractivity contribution in [3.63, 3.8) is 0 Å². The van der Waals surface area contributed by atoms with E-state index in [-0.39, 0.29) is 11.3 Å². The number of carbonyl (C=O) groups excluding carboxylic acids is 2. The predicted molar refractivity (Wildman–Crippen MR) is 131 cm³/mol. The Hall–Kier alpha value is -3.58. The van der Waals surface area contributed by atoms with Gasteiger partial charge in [0, 0.05) is 16.6 Å². The number of rotatable bonds is 5. The Labute approximate surface area is 205 Å². The third-order valence-electron chi connectivity index (χ3n) is 6.03. The number of hydrogen-bond donors (Lipinski definition) is 1. The lowest BCUT2D eigenvalue weighted by molar-refractivity contribution is -0.139. The van der Waals surface area contributed by atoms with E-state index in [0.29, 0.717) is 43.2 Å². The highest BCUT2D eigenvalue weighted by Gasteiger charge is 2.45.